The zero-order chi connectivity index (χ0) is 19.5. The fraction of sp³-hybridized carbons (Fsp3) is 0.316. The molecule has 2 aliphatic rings. The number of benzene rings is 1. The molecule has 1 saturated heterocycles. The Balaban J connectivity index is 1.25. The molecular weight excluding hydrogens is 382 g/mol. The van der Waals surface area contributed by atoms with Gasteiger partial charge in [-0.1, -0.05) is 6.07 Å². The zero-order valence-corrected chi connectivity index (χ0v) is 15.9. The van der Waals surface area contributed by atoms with Crippen molar-refractivity contribution in [1.82, 2.24) is 15.1 Å². The normalized spacial score (nSPS) is 15.4. The maximum absolute atomic E-state index is 12.4. The van der Waals surface area contributed by atoms with E-state index in [1.807, 2.05) is 11.4 Å². The largest absolute Gasteiger partial charge is 0.454 e. The molecule has 0 unspecified atom stereocenters. The average Bonchev–Trinajstić information content (AvgIpc) is 3.42. The van der Waals surface area contributed by atoms with Crippen molar-refractivity contribution < 1.29 is 23.9 Å². The van der Waals surface area contributed by atoms with Crippen LogP contribution >= 0.6 is 11.3 Å². The number of carbonyl (C=O) groups excluding carboxylic acids is 3. The van der Waals surface area contributed by atoms with Crippen LogP contribution in [0.1, 0.15) is 20.0 Å². The molecule has 1 aromatic carbocycles. The molecule has 4 rings (SSSR count). The summed E-state index contributed by atoms with van der Waals surface area (Å²) in [5, 5.41) is 4.51. The Labute approximate surface area is 165 Å². The van der Waals surface area contributed by atoms with Crippen LogP contribution in [0, 0.1) is 0 Å². The summed E-state index contributed by atoms with van der Waals surface area (Å²) in [6.07, 6.45) is 0. The van der Waals surface area contributed by atoms with Crippen LogP contribution in [-0.2, 0) is 4.79 Å². The Morgan fingerprint density at radius 1 is 1.00 bits per heavy atom. The van der Waals surface area contributed by atoms with E-state index < -0.39 is 0 Å². The highest BCUT2D eigenvalue weighted by Crippen LogP contribution is 2.32. The van der Waals surface area contributed by atoms with E-state index in [4.69, 9.17) is 9.47 Å². The van der Waals surface area contributed by atoms with Gasteiger partial charge in [-0.15, -0.1) is 11.3 Å². The third kappa shape index (κ3) is 3.79. The van der Waals surface area contributed by atoms with E-state index in [2.05, 4.69) is 5.32 Å². The van der Waals surface area contributed by atoms with E-state index in [1.165, 1.54) is 11.3 Å². The number of thiophene rings is 1. The van der Waals surface area contributed by atoms with E-state index in [1.54, 1.807) is 34.1 Å². The van der Waals surface area contributed by atoms with E-state index in [0.29, 0.717) is 48.1 Å². The van der Waals surface area contributed by atoms with Gasteiger partial charge in [-0.25, -0.2) is 0 Å². The predicted octanol–water partition coefficient (Wildman–Crippen LogP) is 1.19. The van der Waals surface area contributed by atoms with Gasteiger partial charge in [-0.3, -0.25) is 14.4 Å². The van der Waals surface area contributed by atoms with Crippen LogP contribution in [-0.4, -0.2) is 67.0 Å². The molecule has 3 heterocycles. The van der Waals surface area contributed by atoms with Crippen molar-refractivity contribution in [3.8, 4) is 11.5 Å². The molecule has 1 N–H and O–H groups in total. The first-order valence-corrected chi connectivity index (χ1v) is 9.78. The minimum atomic E-state index is -0.349. The van der Waals surface area contributed by atoms with Gasteiger partial charge in [0, 0.05) is 31.7 Å². The van der Waals surface area contributed by atoms with Crippen LogP contribution in [0.5, 0.6) is 11.5 Å². The van der Waals surface area contributed by atoms with Gasteiger partial charge in [0.2, 0.25) is 12.7 Å². The summed E-state index contributed by atoms with van der Waals surface area (Å²) in [5.74, 6) is 0.599. The molecule has 0 bridgehead atoms. The van der Waals surface area contributed by atoms with E-state index in [-0.39, 0.29) is 31.1 Å². The smallest absolute Gasteiger partial charge is 0.264 e. The van der Waals surface area contributed by atoms with Gasteiger partial charge in [0.1, 0.15) is 0 Å². The first kappa shape index (κ1) is 18.3. The number of amides is 3. The summed E-state index contributed by atoms with van der Waals surface area (Å²) >= 11 is 1.41. The third-order valence-corrected chi connectivity index (χ3v) is 5.54. The monoisotopic (exact) mass is 401 g/mol. The van der Waals surface area contributed by atoms with E-state index in [9.17, 15) is 14.4 Å². The van der Waals surface area contributed by atoms with Gasteiger partial charge in [-0.2, -0.15) is 0 Å². The maximum Gasteiger partial charge on any atom is 0.264 e. The summed E-state index contributed by atoms with van der Waals surface area (Å²) in [7, 11) is 0. The molecule has 0 aliphatic carbocycles. The highest BCUT2D eigenvalue weighted by molar-refractivity contribution is 7.12. The van der Waals surface area contributed by atoms with Gasteiger partial charge in [0.15, 0.2) is 11.5 Å². The number of ether oxygens (including phenoxy) is 2. The molecular formula is C19H19N3O5S. The summed E-state index contributed by atoms with van der Waals surface area (Å²) in [5.41, 5.74) is 0.406. The molecule has 3 amide bonds. The molecule has 9 heteroatoms. The Hall–Kier alpha value is -3.07. The topological polar surface area (TPSA) is 88.2 Å². The second-order valence-electron chi connectivity index (χ2n) is 6.40. The second kappa shape index (κ2) is 7.89. The maximum atomic E-state index is 12.4. The molecule has 1 fully saturated rings. The number of rotatable bonds is 4. The molecule has 0 spiro atoms. The SMILES string of the molecule is O=C(NCC(=O)N1CCN(C(=O)c2cccs2)CC1)c1ccc2c(c1)OCO2. The predicted molar refractivity (Wildman–Crippen MR) is 102 cm³/mol. The lowest BCUT2D eigenvalue weighted by Gasteiger charge is -2.34. The summed E-state index contributed by atoms with van der Waals surface area (Å²) in [6, 6.07) is 8.54. The number of fused-ring (bicyclic) bond motifs is 1. The van der Waals surface area contributed by atoms with Crippen LogP contribution < -0.4 is 14.8 Å². The van der Waals surface area contributed by atoms with Crippen molar-refractivity contribution in [2.75, 3.05) is 39.5 Å². The first-order chi connectivity index (χ1) is 13.6. The van der Waals surface area contributed by atoms with Crippen molar-refractivity contribution in [2.24, 2.45) is 0 Å². The minimum Gasteiger partial charge on any atom is -0.454 e. The van der Waals surface area contributed by atoms with E-state index in [0.717, 1.165) is 0 Å². The van der Waals surface area contributed by atoms with Crippen molar-refractivity contribution in [3.63, 3.8) is 0 Å². The number of nitrogens with zero attached hydrogens (tertiary/aromatic N) is 2. The Bertz CT molecular complexity index is 891. The Kier molecular flexibility index (Phi) is 5.16. The van der Waals surface area contributed by atoms with Crippen molar-refractivity contribution in [2.45, 2.75) is 0 Å². The van der Waals surface area contributed by atoms with Gasteiger partial charge in [-0.05, 0) is 29.6 Å². The van der Waals surface area contributed by atoms with Gasteiger partial charge >= 0.3 is 0 Å². The molecule has 0 atom stereocenters. The molecule has 1 aromatic heterocycles. The standard InChI is InChI=1S/C19H19N3O5S/c23-17(11-20-18(24)13-3-4-14-15(10-13)27-12-26-14)21-5-7-22(8-6-21)19(25)16-2-1-9-28-16/h1-4,9-10H,5-8,11-12H2,(H,20,24). The lowest BCUT2D eigenvalue weighted by atomic mass is 10.2. The van der Waals surface area contributed by atoms with Crippen LogP contribution in [0.25, 0.3) is 0 Å². The number of carbonyl (C=O) groups is 3. The molecule has 146 valence electrons. The van der Waals surface area contributed by atoms with E-state index >= 15 is 0 Å². The zero-order valence-electron chi connectivity index (χ0n) is 15.1. The lowest BCUT2D eigenvalue weighted by Crippen LogP contribution is -2.52. The molecule has 0 radical (unpaired) electrons. The first-order valence-electron chi connectivity index (χ1n) is 8.90. The Morgan fingerprint density at radius 3 is 2.50 bits per heavy atom. The van der Waals surface area contributed by atoms with Gasteiger partial charge in [0.25, 0.3) is 11.8 Å². The highest BCUT2D eigenvalue weighted by atomic mass is 32.1. The minimum absolute atomic E-state index is 0.00166. The van der Waals surface area contributed by atoms with Crippen LogP contribution in [0.2, 0.25) is 0 Å². The highest BCUT2D eigenvalue weighted by Gasteiger charge is 2.25. The number of piperazine rings is 1. The fourth-order valence-electron chi connectivity index (χ4n) is 3.12. The number of hydrogen-bond acceptors (Lipinski definition) is 6. The van der Waals surface area contributed by atoms with Crippen LogP contribution in [0.15, 0.2) is 35.7 Å². The third-order valence-electron chi connectivity index (χ3n) is 4.69. The summed E-state index contributed by atoms with van der Waals surface area (Å²) in [6.45, 7) is 1.93. The summed E-state index contributed by atoms with van der Waals surface area (Å²) < 4.78 is 10.5. The molecule has 2 aromatic rings. The average molecular weight is 401 g/mol. The quantitative estimate of drug-likeness (QED) is 0.832. The molecule has 8 nitrogen and oxygen atoms in total. The summed E-state index contributed by atoms with van der Waals surface area (Å²) in [4.78, 5) is 41.1. The number of nitrogens with one attached hydrogen (secondary N) is 1. The van der Waals surface area contributed by atoms with Crippen molar-refractivity contribution in [3.05, 3.63) is 46.2 Å². The van der Waals surface area contributed by atoms with Gasteiger partial charge < -0.3 is 24.6 Å². The lowest BCUT2D eigenvalue weighted by molar-refractivity contribution is -0.131. The fourth-order valence-corrected chi connectivity index (χ4v) is 3.81. The van der Waals surface area contributed by atoms with Crippen molar-refractivity contribution in [1.29, 1.82) is 0 Å². The Morgan fingerprint density at radius 2 is 1.75 bits per heavy atom. The van der Waals surface area contributed by atoms with Crippen LogP contribution in [0.4, 0.5) is 0 Å². The second-order valence-corrected chi connectivity index (χ2v) is 7.35. The molecule has 28 heavy (non-hydrogen) atoms. The van der Waals surface area contributed by atoms with Gasteiger partial charge in [0.05, 0.1) is 11.4 Å². The van der Waals surface area contributed by atoms with Crippen molar-refractivity contribution >= 4 is 29.1 Å². The molecule has 2 aliphatic heterocycles. The van der Waals surface area contributed by atoms with Crippen LogP contribution in [0.3, 0.4) is 0 Å². The molecule has 0 saturated carbocycles. The number of hydrogen-bond donors (Lipinski definition) is 1.